The van der Waals surface area contributed by atoms with Crippen LogP contribution in [0.4, 0.5) is 0 Å². The van der Waals surface area contributed by atoms with Crippen molar-refractivity contribution in [1.82, 2.24) is 19.7 Å². The molecule has 0 spiro atoms. The average molecular weight is 389 g/mol. The standard InChI is InChI=1S/C20H28N4O2S/c1-4-24(15-10-6-5-7-11-15)18(25)14-27-20-22-21-19(23(20)2)16-12-8-9-13-17(16)26-3/h8-9,12-13,15H,4-7,10-11,14H2,1-3H3. The van der Waals surface area contributed by atoms with Crippen LogP contribution in [0.1, 0.15) is 39.0 Å². The van der Waals surface area contributed by atoms with E-state index in [-0.39, 0.29) is 5.91 Å². The third kappa shape index (κ3) is 4.46. The quantitative estimate of drug-likeness (QED) is 0.676. The summed E-state index contributed by atoms with van der Waals surface area (Å²) in [4.78, 5) is 14.8. The first kappa shape index (κ1) is 19.7. The van der Waals surface area contributed by atoms with Crippen molar-refractivity contribution >= 4 is 17.7 Å². The van der Waals surface area contributed by atoms with Crippen molar-refractivity contribution < 1.29 is 9.53 Å². The molecule has 1 heterocycles. The normalized spacial score (nSPS) is 14.9. The fourth-order valence-electron chi connectivity index (χ4n) is 3.74. The molecule has 1 aromatic carbocycles. The van der Waals surface area contributed by atoms with Crippen molar-refractivity contribution in [2.75, 3.05) is 19.4 Å². The first-order valence-corrected chi connectivity index (χ1v) is 10.6. The van der Waals surface area contributed by atoms with Gasteiger partial charge in [-0.3, -0.25) is 4.79 Å². The molecule has 6 nitrogen and oxygen atoms in total. The van der Waals surface area contributed by atoms with E-state index in [1.807, 2.05) is 40.8 Å². The third-order valence-electron chi connectivity index (χ3n) is 5.18. The molecule has 0 N–H and O–H groups in total. The number of aromatic nitrogens is 3. The van der Waals surface area contributed by atoms with E-state index in [1.54, 1.807) is 7.11 Å². The predicted molar refractivity (Wildman–Crippen MR) is 108 cm³/mol. The molecular formula is C20H28N4O2S. The zero-order valence-electron chi connectivity index (χ0n) is 16.4. The third-order valence-corrected chi connectivity index (χ3v) is 6.19. The molecule has 3 rings (SSSR count). The van der Waals surface area contributed by atoms with Crippen LogP contribution in [0.2, 0.25) is 0 Å². The van der Waals surface area contributed by atoms with Gasteiger partial charge in [0.15, 0.2) is 11.0 Å². The molecule has 0 radical (unpaired) electrons. The first-order valence-electron chi connectivity index (χ1n) is 9.60. The Bertz CT molecular complexity index is 771. The van der Waals surface area contributed by atoms with Crippen LogP contribution in [0.3, 0.4) is 0 Å². The van der Waals surface area contributed by atoms with Crippen LogP contribution in [-0.4, -0.2) is 51.0 Å². The van der Waals surface area contributed by atoms with E-state index in [0.717, 1.165) is 41.7 Å². The van der Waals surface area contributed by atoms with Crippen LogP contribution in [0.5, 0.6) is 5.75 Å². The van der Waals surface area contributed by atoms with Crippen molar-refractivity contribution in [2.24, 2.45) is 7.05 Å². The summed E-state index contributed by atoms with van der Waals surface area (Å²) in [6, 6.07) is 8.15. The highest BCUT2D eigenvalue weighted by Crippen LogP contribution is 2.30. The number of hydrogen-bond donors (Lipinski definition) is 0. The Balaban J connectivity index is 1.68. The molecule has 7 heteroatoms. The molecule has 2 aromatic rings. The number of carbonyl (C=O) groups excluding carboxylic acids is 1. The smallest absolute Gasteiger partial charge is 0.233 e. The second-order valence-electron chi connectivity index (χ2n) is 6.83. The van der Waals surface area contributed by atoms with E-state index in [0.29, 0.717) is 11.8 Å². The van der Waals surface area contributed by atoms with Crippen LogP contribution < -0.4 is 4.74 Å². The largest absolute Gasteiger partial charge is 0.496 e. The van der Waals surface area contributed by atoms with Gasteiger partial charge in [0.1, 0.15) is 5.75 Å². The fraction of sp³-hybridized carbons (Fsp3) is 0.550. The zero-order chi connectivity index (χ0) is 19.2. The van der Waals surface area contributed by atoms with Gasteiger partial charge in [0.2, 0.25) is 5.91 Å². The van der Waals surface area contributed by atoms with Crippen LogP contribution >= 0.6 is 11.8 Å². The predicted octanol–water partition coefficient (Wildman–Crippen LogP) is 3.76. The molecule has 1 aliphatic carbocycles. The molecule has 0 unspecified atom stereocenters. The zero-order valence-corrected chi connectivity index (χ0v) is 17.2. The number of methoxy groups -OCH3 is 1. The van der Waals surface area contributed by atoms with Gasteiger partial charge in [0.25, 0.3) is 0 Å². The number of hydrogen-bond acceptors (Lipinski definition) is 5. The second kappa shape index (κ2) is 9.26. The summed E-state index contributed by atoms with van der Waals surface area (Å²) in [6.45, 7) is 2.84. The summed E-state index contributed by atoms with van der Waals surface area (Å²) < 4.78 is 7.35. The van der Waals surface area contributed by atoms with Gasteiger partial charge in [-0.2, -0.15) is 0 Å². The van der Waals surface area contributed by atoms with E-state index in [2.05, 4.69) is 17.1 Å². The summed E-state index contributed by atoms with van der Waals surface area (Å²) in [5, 5.41) is 9.34. The Kier molecular flexibility index (Phi) is 6.77. The minimum absolute atomic E-state index is 0.191. The topological polar surface area (TPSA) is 60.3 Å². The highest BCUT2D eigenvalue weighted by molar-refractivity contribution is 7.99. The van der Waals surface area contributed by atoms with Gasteiger partial charge in [0.05, 0.1) is 18.4 Å². The van der Waals surface area contributed by atoms with Crippen LogP contribution in [-0.2, 0) is 11.8 Å². The maximum absolute atomic E-state index is 12.8. The first-order chi connectivity index (χ1) is 13.2. The van der Waals surface area contributed by atoms with Gasteiger partial charge in [-0.15, -0.1) is 10.2 Å². The van der Waals surface area contributed by atoms with Gasteiger partial charge in [0, 0.05) is 19.6 Å². The van der Waals surface area contributed by atoms with Gasteiger partial charge < -0.3 is 14.2 Å². The lowest BCUT2D eigenvalue weighted by molar-refractivity contribution is -0.131. The fourth-order valence-corrected chi connectivity index (χ4v) is 4.54. The maximum atomic E-state index is 12.8. The van der Waals surface area contributed by atoms with Crippen molar-refractivity contribution in [1.29, 1.82) is 0 Å². The van der Waals surface area contributed by atoms with E-state index >= 15 is 0 Å². The lowest BCUT2D eigenvalue weighted by Gasteiger charge is -2.33. The molecule has 1 saturated carbocycles. The van der Waals surface area contributed by atoms with E-state index in [1.165, 1.54) is 31.0 Å². The highest BCUT2D eigenvalue weighted by atomic mass is 32.2. The van der Waals surface area contributed by atoms with Crippen molar-refractivity contribution in [2.45, 2.75) is 50.2 Å². The molecule has 1 amide bonds. The van der Waals surface area contributed by atoms with Crippen LogP contribution in [0, 0.1) is 0 Å². The summed E-state index contributed by atoms with van der Waals surface area (Å²) in [7, 11) is 3.57. The Labute approximate surface area is 165 Å². The van der Waals surface area contributed by atoms with Crippen molar-refractivity contribution in [3.05, 3.63) is 24.3 Å². The molecule has 1 aromatic heterocycles. The summed E-state index contributed by atoms with van der Waals surface area (Å²) in [5.41, 5.74) is 0.894. The van der Waals surface area contributed by atoms with Crippen molar-refractivity contribution in [3.8, 4) is 17.1 Å². The lowest BCUT2D eigenvalue weighted by Crippen LogP contribution is -2.42. The van der Waals surface area contributed by atoms with E-state index in [4.69, 9.17) is 4.74 Å². The summed E-state index contributed by atoms with van der Waals surface area (Å²) >= 11 is 1.45. The Hall–Kier alpha value is -2.02. The number of thioether (sulfide) groups is 1. The molecule has 1 fully saturated rings. The average Bonchev–Trinajstić information content (AvgIpc) is 3.08. The Morgan fingerprint density at radius 3 is 2.70 bits per heavy atom. The molecule has 0 bridgehead atoms. The molecule has 0 aliphatic heterocycles. The highest BCUT2D eigenvalue weighted by Gasteiger charge is 2.24. The van der Waals surface area contributed by atoms with E-state index in [9.17, 15) is 4.79 Å². The Morgan fingerprint density at radius 2 is 2.00 bits per heavy atom. The maximum Gasteiger partial charge on any atom is 0.233 e. The SMILES string of the molecule is CCN(C(=O)CSc1nnc(-c2ccccc2OC)n1C)C1CCCCC1. The van der Waals surface area contributed by atoms with Crippen molar-refractivity contribution in [3.63, 3.8) is 0 Å². The molecule has 27 heavy (non-hydrogen) atoms. The summed E-state index contributed by atoms with van der Waals surface area (Å²) in [5.74, 6) is 2.08. The number of ether oxygens (including phenoxy) is 1. The van der Waals surface area contributed by atoms with Crippen LogP contribution in [0.25, 0.3) is 11.4 Å². The summed E-state index contributed by atoms with van der Waals surface area (Å²) in [6.07, 6.45) is 6.01. The number of benzene rings is 1. The Morgan fingerprint density at radius 1 is 1.26 bits per heavy atom. The minimum atomic E-state index is 0.191. The number of rotatable bonds is 7. The lowest BCUT2D eigenvalue weighted by atomic mass is 9.94. The van der Waals surface area contributed by atoms with Gasteiger partial charge >= 0.3 is 0 Å². The minimum Gasteiger partial charge on any atom is -0.496 e. The number of nitrogens with zero attached hydrogens (tertiary/aromatic N) is 4. The molecule has 0 saturated heterocycles. The molecule has 1 aliphatic rings. The molecule has 146 valence electrons. The van der Waals surface area contributed by atoms with E-state index < -0.39 is 0 Å². The monoisotopic (exact) mass is 388 g/mol. The number of amides is 1. The van der Waals surface area contributed by atoms with Gasteiger partial charge in [-0.25, -0.2) is 0 Å². The molecule has 0 atom stereocenters. The second-order valence-corrected chi connectivity index (χ2v) is 7.77. The number of carbonyl (C=O) groups is 1. The number of para-hydroxylation sites is 1. The molecular weight excluding hydrogens is 360 g/mol. The van der Waals surface area contributed by atoms with Gasteiger partial charge in [-0.1, -0.05) is 43.2 Å². The van der Waals surface area contributed by atoms with Crippen LogP contribution in [0.15, 0.2) is 29.4 Å². The van der Waals surface area contributed by atoms with Gasteiger partial charge in [-0.05, 0) is 31.9 Å².